The van der Waals surface area contributed by atoms with Crippen molar-refractivity contribution in [2.24, 2.45) is 0 Å². The molecule has 1 amide bonds. The van der Waals surface area contributed by atoms with Crippen molar-refractivity contribution in [1.29, 1.82) is 0 Å². The Morgan fingerprint density at radius 3 is 2.46 bits per heavy atom. The van der Waals surface area contributed by atoms with Crippen LogP contribution in [0.25, 0.3) is 0 Å². The van der Waals surface area contributed by atoms with Gasteiger partial charge in [0.1, 0.15) is 10.6 Å². The van der Waals surface area contributed by atoms with Gasteiger partial charge in [0.15, 0.2) is 5.76 Å². The van der Waals surface area contributed by atoms with E-state index in [-0.39, 0.29) is 16.8 Å². The van der Waals surface area contributed by atoms with Crippen LogP contribution in [0.4, 0.5) is 0 Å². The molecule has 9 heteroatoms. The molecule has 0 spiro atoms. The topological polar surface area (TPSA) is 95.8 Å². The smallest absolute Gasteiger partial charge is 0.248 e. The van der Waals surface area contributed by atoms with Gasteiger partial charge in [-0.25, -0.2) is 8.42 Å². The third kappa shape index (κ3) is 3.20. The van der Waals surface area contributed by atoms with Crippen molar-refractivity contribution in [1.82, 2.24) is 19.7 Å². The number of aromatic nitrogens is 1. The highest BCUT2D eigenvalue weighted by Gasteiger charge is 2.35. The highest BCUT2D eigenvalue weighted by molar-refractivity contribution is 7.89. The quantitative estimate of drug-likeness (QED) is 0.835. The van der Waals surface area contributed by atoms with Gasteiger partial charge in [-0.1, -0.05) is 11.6 Å². The first-order chi connectivity index (χ1) is 11.4. The van der Waals surface area contributed by atoms with E-state index >= 15 is 0 Å². The van der Waals surface area contributed by atoms with Gasteiger partial charge in [-0.3, -0.25) is 4.79 Å². The highest BCUT2D eigenvalue weighted by atomic mass is 32.2. The maximum atomic E-state index is 12.8. The Morgan fingerprint density at radius 2 is 1.92 bits per heavy atom. The van der Waals surface area contributed by atoms with Crippen molar-refractivity contribution in [3.05, 3.63) is 11.5 Å². The van der Waals surface area contributed by atoms with Gasteiger partial charge in [-0.2, -0.15) is 4.31 Å². The van der Waals surface area contributed by atoms with Crippen LogP contribution >= 0.6 is 0 Å². The van der Waals surface area contributed by atoms with E-state index < -0.39 is 10.0 Å². The number of hydrogen-bond donors (Lipinski definition) is 1. The van der Waals surface area contributed by atoms with Crippen LogP contribution in [0.5, 0.6) is 0 Å². The first-order valence-electron chi connectivity index (χ1n) is 8.36. The average Bonchev–Trinajstić information content (AvgIpc) is 2.94. The summed E-state index contributed by atoms with van der Waals surface area (Å²) < 4.78 is 32.0. The Bertz CT molecular complexity index is 682. The Balaban J connectivity index is 1.65. The van der Waals surface area contributed by atoms with Gasteiger partial charge in [0.05, 0.1) is 6.04 Å². The summed E-state index contributed by atoms with van der Waals surface area (Å²) >= 11 is 0. The first-order valence-corrected chi connectivity index (χ1v) is 9.80. The SMILES string of the molecule is Cc1noc(C)c1S(=O)(=O)N1CCN(C(=O)C2CCCCN2)CC1. The number of aryl methyl sites for hydroxylation is 2. The van der Waals surface area contributed by atoms with Crippen LogP contribution in [0.1, 0.15) is 30.7 Å². The number of nitrogens with one attached hydrogen (secondary N) is 1. The van der Waals surface area contributed by atoms with E-state index in [1.54, 1.807) is 18.7 Å². The molecular weight excluding hydrogens is 332 g/mol. The maximum Gasteiger partial charge on any atom is 0.248 e. The number of carbonyl (C=O) groups excluding carboxylic acids is 1. The molecule has 1 aromatic rings. The van der Waals surface area contributed by atoms with E-state index in [1.165, 1.54) is 4.31 Å². The molecule has 3 heterocycles. The molecule has 8 nitrogen and oxygen atoms in total. The number of sulfonamides is 1. The van der Waals surface area contributed by atoms with Crippen LogP contribution in [0.2, 0.25) is 0 Å². The minimum absolute atomic E-state index is 0.0871. The molecule has 2 aliphatic rings. The summed E-state index contributed by atoms with van der Waals surface area (Å²) in [5.74, 6) is 0.390. The van der Waals surface area contributed by atoms with Gasteiger partial charge in [0.2, 0.25) is 15.9 Å². The van der Waals surface area contributed by atoms with Gasteiger partial charge in [0, 0.05) is 26.2 Å². The third-order valence-electron chi connectivity index (χ3n) is 4.72. The zero-order valence-corrected chi connectivity index (χ0v) is 14.9. The second-order valence-corrected chi connectivity index (χ2v) is 8.26. The minimum Gasteiger partial charge on any atom is -0.360 e. The monoisotopic (exact) mass is 356 g/mol. The number of piperidine rings is 1. The van der Waals surface area contributed by atoms with Crippen LogP contribution in [0.15, 0.2) is 9.42 Å². The van der Waals surface area contributed by atoms with Crippen LogP contribution in [0, 0.1) is 13.8 Å². The summed E-state index contributed by atoms with van der Waals surface area (Å²) in [6.07, 6.45) is 3.02. The number of amides is 1. The van der Waals surface area contributed by atoms with Gasteiger partial charge in [0.25, 0.3) is 0 Å². The molecule has 134 valence electrons. The van der Waals surface area contributed by atoms with Crippen molar-refractivity contribution < 1.29 is 17.7 Å². The molecule has 0 aliphatic carbocycles. The molecule has 1 atom stereocenters. The molecule has 1 N–H and O–H groups in total. The van der Waals surface area contributed by atoms with Gasteiger partial charge < -0.3 is 14.7 Å². The number of hydrogen-bond acceptors (Lipinski definition) is 6. The maximum absolute atomic E-state index is 12.8. The predicted octanol–water partition coefficient (Wildman–Crippen LogP) is 0.266. The van der Waals surface area contributed by atoms with E-state index in [0.717, 1.165) is 25.8 Å². The lowest BCUT2D eigenvalue weighted by atomic mass is 10.0. The number of carbonyl (C=O) groups is 1. The molecule has 0 radical (unpaired) electrons. The van der Waals surface area contributed by atoms with Crippen molar-refractivity contribution in [2.45, 2.75) is 44.0 Å². The Kier molecular flexibility index (Phi) is 4.93. The van der Waals surface area contributed by atoms with Gasteiger partial charge in [-0.15, -0.1) is 0 Å². The van der Waals surface area contributed by atoms with Gasteiger partial charge >= 0.3 is 0 Å². The molecule has 3 rings (SSSR count). The Hall–Kier alpha value is -1.45. The molecule has 1 aromatic heterocycles. The van der Waals surface area contributed by atoms with Crippen LogP contribution in [-0.2, 0) is 14.8 Å². The Morgan fingerprint density at radius 1 is 1.21 bits per heavy atom. The van der Waals surface area contributed by atoms with Crippen LogP contribution in [0.3, 0.4) is 0 Å². The number of piperazine rings is 1. The molecule has 0 aromatic carbocycles. The Labute approximate surface area is 142 Å². The fraction of sp³-hybridized carbons (Fsp3) is 0.733. The molecule has 2 aliphatic heterocycles. The third-order valence-corrected chi connectivity index (χ3v) is 6.87. The lowest BCUT2D eigenvalue weighted by Crippen LogP contribution is -2.55. The van der Waals surface area contributed by atoms with E-state index in [0.29, 0.717) is 37.6 Å². The van der Waals surface area contributed by atoms with Crippen molar-refractivity contribution in [3.63, 3.8) is 0 Å². The summed E-state index contributed by atoms with van der Waals surface area (Å²) in [6, 6.07) is -0.121. The molecule has 0 bridgehead atoms. The largest absolute Gasteiger partial charge is 0.360 e. The van der Waals surface area contributed by atoms with Gasteiger partial charge in [-0.05, 0) is 33.2 Å². The van der Waals surface area contributed by atoms with E-state index in [9.17, 15) is 13.2 Å². The fourth-order valence-corrected chi connectivity index (χ4v) is 5.12. The minimum atomic E-state index is -3.63. The zero-order chi connectivity index (χ0) is 17.3. The zero-order valence-electron chi connectivity index (χ0n) is 14.1. The average molecular weight is 356 g/mol. The van der Waals surface area contributed by atoms with E-state index in [4.69, 9.17) is 4.52 Å². The lowest BCUT2D eigenvalue weighted by molar-refractivity contribution is -0.135. The molecule has 2 saturated heterocycles. The lowest BCUT2D eigenvalue weighted by Gasteiger charge is -2.36. The van der Waals surface area contributed by atoms with Crippen molar-refractivity contribution in [2.75, 3.05) is 32.7 Å². The summed E-state index contributed by atoms with van der Waals surface area (Å²) in [6.45, 7) is 5.52. The second kappa shape index (κ2) is 6.81. The molecule has 0 saturated carbocycles. The summed E-state index contributed by atoms with van der Waals surface area (Å²) in [7, 11) is -3.63. The van der Waals surface area contributed by atoms with Crippen molar-refractivity contribution >= 4 is 15.9 Å². The molecule has 2 fully saturated rings. The number of nitrogens with zero attached hydrogens (tertiary/aromatic N) is 3. The normalized spacial score (nSPS) is 23.4. The summed E-state index contributed by atoms with van der Waals surface area (Å²) in [5.41, 5.74) is 0.373. The molecule has 1 unspecified atom stereocenters. The standard InChI is InChI=1S/C15H24N4O4S/c1-11-14(12(2)23-17-11)24(21,22)19-9-7-18(8-10-19)15(20)13-5-3-4-6-16-13/h13,16H,3-10H2,1-2H3. The second-order valence-electron chi connectivity index (χ2n) is 6.39. The predicted molar refractivity (Wildman–Crippen MR) is 87.0 cm³/mol. The number of rotatable bonds is 3. The van der Waals surface area contributed by atoms with Crippen LogP contribution < -0.4 is 5.32 Å². The highest BCUT2D eigenvalue weighted by Crippen LogP contribution is 2.24. The van der Waals surface area contributed by atoms with E-state index in [2.05, 4.69) is 10.5 Å². The fourth-order valence-electron chi connectivity index (χ4n) is 3.40. The molecule has 24 heavy (non-hydrogen) atoms. The van der Waals surface area contributed by atoms with Crippen molar-refractivity contribution in [3.8, 4) is 0 Å². The first kappa shape index (κ1) is 17.4. The molecular formula is C15H24N4O4S. The van der Waals surface area contributed by atoms with E-state index in [1.807, 2.05) is 0 Å². The summed E-state index contributed by atoms with van der Waals surface area (Å²) in [4.78, 5) is 14.4. The van der Waals surface area contributed by atoms with Crippen LogP contribution in [-0.4, -0.2) is 67.5 Å². The summed E-state index contributed by atoms with van der Waals surface area (Å²) in [5, 5.41) is 6.98.